The van der Waals surface area contributed by atoms with E-state index in [4.69, 9.17) is 0 Å². The molecule has 0 saturated heterocycles. The van der Waals surface area contributed by atoms with Gasteiger partial charge in [0.1, 0.15) is 0 Å². The van der Waals surface area contributed by atoms with Gasteiger partial charge in [-0.1, -0.05) is 0 Å². The summed E-state index contributed by atoms with van der Waals surface area (Å²) in [5.74, 6) is -53.7. The van der Waals surface area contributed by atoms with Crippen molar-refractivity contribution in [2.75, 3.05) is 0 Å². The Labute approximate surface area is 255 Å². The molecule has 0 radical (unpaired) electrons. The fraction of sp³-hybridized carbons (Fsp3) is 0. The van der Waals surface area contributed by atoms with E-state index in [-0.39, 0.29) is 0 Å². The van der Waals surface area contributed by atoms with E-state index >= 15 is 22.0 Å². The molecule has 0 aliphatic heterocycles. The highest BCUT2D eigenvalue weighted by Crippen LogP contribution is 2.48. The number of hydrogen-bond acceptors (Lipinski definition) is 2. The molecule has 0 aliphatic carbocycles. The van der Waals surface area contributed by atoms with E-state index in [1.54, 1.807) is 0 Å². The average Bonchev–Trinajstić information content (AvgIpc) is 3.06. The maximum absolute atomic E-state index is 15.5. The second kappa shape index (κ2) is 11.0. The van der Waals surface area contributed by atoms with E-state index < -0.39 is 166 Å². The first-order valence-corrected chi connectivity index (χ1v) is 12.4. The molecule has 0 aromatic heterocycles. The zero-order chi connectivity index (χ0) is 36.5. The second-order valence-corrected chi connectivity index (χ2v) is 9.86. The number of benzene rings is 6. The van der Waals surface area contributed by atoms with Crippen LogP contribution in [0.5, 0.6) is 5.75 Å². The van der Waals surface area contributed by atoms with Crippen molar-refractivity contribution >= 4 is 44.9 Å². The van der Waals surface area contributed by atoms with Crippen molar-refractivity contribution in [3.05, 3.63) is 105 Å². The maximum Gasteiger partial charge on any atom is 0.564 e. The summed E-state index contributed by atoms with van der Waals surface area (Å²) < 4.78 is 268. The summed E-state index contributed by atoms with van der Waals surface area (Å²) in [5.41, 5.74) is -7.73. The minimum Gasteiger partial charge on any atom is -0.530 e. The number of halogens is 18. The van der Waals surface area contributed by atoms with Gasteiger partial charge in [0.2, 0.25) is 5.82 Å². The van der Waals surface area contributed by atoms with E-state index in [1.807, 2.05) is 0 Å². The van der Waals surface area contributed by atoms with Crippen LogP contribution >= 0.6 is 0 Å². The lowest BCUT2D eigenvalue weighted by molar-refractivity contribution is 0.378. The molecule has 0 saturated carbocycles. The third-order valence-corrected chi connectivity index (χ3v) is 7.42. The molecule has 6 aromatic carbocycles. The molecule has 0 aliphatic rings. The molecule has 0 amide bonds. The van der Waals surface area contributed by atoms with E-state index in [9.17, 15) is 62.1 Å². The molecule has 0 atom stereocenters. The van der Waals surface area contributed by atoms with Crippen LogP contribution in [0.2, 0.25) is 0 Å². The van der Waals surface area contributed by atoms with Crippen molar-refractivity contribution in [1.82, 2.24) is 0 Å². The normalized spacial score (nSPS) is 12.0. The molecular formula is C28HBF18O2. The van der Waals surface area contributed by atoms with Crippen LogP contribution in [-0.2, 0) is 0 Å². The van der Waals surface area contributed by atoms with Crippen molar-refractivity contribution in [2.45, 2.75) is 0 Å². The summed E-state index contributed by atoms with van der Waals surface area (Å²) >= 11 is 0. The Morgan fingerprint density at radius 2 is 0.571 bits per heavy atom. The molecule has 0 unspecified atom stereocenters. The molecule has 1 N–H and O–H groups in total. The molecule has 49 heavy (non-hydrogen) atoms. The SMILES string of the molecule is OB(Oc1c(F)c(F)c2c(F)c(F)c3c(F)c(F)c(F)c4c(F)c(F)c1c2c34)c1c(F)c(F)c(F)c(F)c1-c1c(F)c(F)c(F)c(F)c1F. The van der Waals surface area contributed by atoms with Crippen molar-refractivity contribution in [3.8, 4) is 16.9 Å². The number of rotatable bonds is 4. The Bertz CT molecular complexity index is 2430. The van der Waals surface area contributed by atoms with E-state index in [0.717, 1.165) is 0 Å². The Morgan fingerprint density at radius 3 is 1.02 bits per heavy atom. The first kappa shape index (κ1) is 33.8. The average molecular weight is 722 g/mol. The standard InChI is InChI=1S/C28HBF18O2/c30-10-3(7-16(36)23(43)26(46)24(44)17(7)37)9(20(40)25(45)22(10)42)29(48)49-28-8-2-1-4(11(31)12(32)6(2)18(38)27(28)47)14(34)21(41)15(35)5(1)13(33)19(8)39/h48H. The van der Waals surface area contributed by atoms with Gasteiger partial charge >= 0.3 is 7.12 Å². The van der Waals surface area contributed by atoms with E-state index in [1.165, 1.54) is 0 Å². The fourth-order valence-electron chi connectivity index (χ4n) is 5.33. The molecule has 0 fully saturated rings. The van der Waals surface area contributed by atoms with Gasteiger partial charge in [0, 0.05) is 21.8 Å². The molecule has 2 nitrogen and oxygen atoms in total. The maximum atomic E-state index is 15.5. The minimum atomic E-state index is -3.92. The van der Waals surface area contributed by atoms with Gasteiger partial charge in [0.05, 0.1) is 27.1 Å². The van der Waals surface area contributed by atoms with Crippen LogP contribution in [0, 0.1) is 105 Å². The Morgan fingerprint density at radius 1 is 0.286 bits per heavy atom. The molecule has 6 aromatic rings. The predicted molar refractivity (Wildman–Crippen MR) is 130 cm³/mol. The van der Waals surface area contributed by atoms with Crippen LogP contribution in [0.3, 0.4) is 0 Å². The first-order valence-electron chi connectivity index (χ1n) is 12.4. The fourth-order valence-corrected chi connectivity index (χ4v) is 5.33. The summed E-state index contributed by atoms with van der Waals surface area (Å²) in [7, 11) is -3.92. The van der Waals surface area contributed by atoms with Gasteiger partial charge in [-0.25, -0.2) is 74.6 Å². The topological polar surface area (TPSA) is 29.5 Å². The van der Waals surface area contributed by atoms with Crippen LogP contribution in [0.25, 0.3) is 43.4 Å². The molecule has 0 spiro atoms. The van der Waals surface area contributed by atoms with Gasteiger partial charge in [-0.2, -0.15) is 4.39 Å². The van der Waals surface area contributed by atoms with Crippen LogP contribution in [0.4, 0.5) is 79.0 Å². The molecule has 0 bridgehead atoms. The highest BCUT2D eigenvalue weighted by molar-refractivity contribution is 6.62. The first-order chi connectivity index (χ1) is 22.8. The summed E-state index contributed by atoms with van der Waals surface area (Å²) in [6.07, 6.45) is 0. The minimum absolute atomic E-state index is 1.75. The Hall–Kier alpha value is -5.08. The highest BCUT2D eigenvalue weighted by Gasteiger charge is 2.42. The van der Waals surface area contributed by atoms with Gasteiger partial charge in [-0.15, -0.1) is 0 Å². The summed E-state index contributed by atoms with van der Waals surface area (Å²) in [6.45, 7) is 0. The van der Waals surface area contributed by atoms with Crippen LogP contribution in [0.1, 0.15) is 0 Å². The summed E-state index contributed by atoms with van der Waals surface area (Å²) in [6, 6.07) is 0. The molecule has 21 heteroatoms. The van der Waals surface area contributed by atoms with Gasteiger partial charge in [-0.3, -0.25) is 0 Å². The summed E-state index contributed by atoms with van der Waals surface area (Å²) in [5, 5.41) is -1.20. The zero-order valence-corrected chi connectivity index (χ0v) is 22.2. The Balaban J connectivity index is 1.75. The van der Waals surface area contributed by atoms with Crippen molar-refractivity contribution in [1.29, 1.82) is 0 Å². The third-order valence-electron chi connectivity index (χ3n) is 7.42. The molecule has 0 heterocycles. The highest BCUT2D eigenvalue weighted by atomic mass is 19.2. The lowest BCUT2D eigenvalue weighted by atomic mass is 9.73. The van der Waals surface area contributed by atoms with Crippen molar-refractivity contribution < 1.29 is 88.7 Å². The van der Waals surface area contributed by atoms with Crippen molar-refractivity contribution in [2.24, 2.45) is 0 Å². The quantitative estimate of drug-likeness (QED) is 0.0651. The third kappa shape index (κ3) is 4.19. The van der Waals surface area contributed by atoms with E-state index in [2.05, 4.69) is 4.65 Å². The van der Waals surface area contributed by atoms with Crippen LogP contribution in [-0.4, -0.2) is 12.1 Å². The van der Waals surface area contributed by atoms with Crippen molar-refractivity contribution in [3.63, 3.8) is 0 Å². The molecule has 6 rings (SSSR count). The van der Waals surface area contributed by atoms with E-state index in [0.29, 0.717) is 0 Å². The van der Waals surface area contributed by atoms with Crippen LogP contribution in [0.15, 0.2) is 0 Å². The largest absolute Gasteiger partial charge is 0.564 e. The lowest BCUT2D eigenvalue weighted by Crippen LogP contribution is -2.42. The van der Waals surface area contributed by atoms with Gasteiger partial charge < -0.3 is 9.68 Å². The van der Waals surface area contributed by atoms with Crippen LogP contribution < -0.4 is 10.1 Å². The van der Waals surface area contributed by atoms with Gasteiger partial charge in [0.25, 0.3) is 0 Å². The lowest BCUT2D eigenvalue weighted by Gasteiger charge is -2.22. The monoisotopic (exact) mass is 722 g/mol. The second-order valence-electron chi connectivity index (χ2n) is 9.86. The predicted octanol–water partition coefficient (Wildman–Crippen LogP) is 8.52. The molecule has 254 valence electrons. The van der Waals surface area contributed by atoms with Gasteiger partial charge in [0.15, 0.2) is 105 Å². The zero-order valence-electron chi connectivity index (χ0n) is 22.2. The van der Waals surface area contributed by atoms with Gasteiger partial charge in [-0.05, 0) is 0 Å². The number of hydrogen-bond donors (Lipinski definition) is 1. The summed E-state index contributed by atoms with van der Waals surface area (Å²) in [4.78, 5) is 0. The Kier molecular flexibility index (Phi) is 7.57. The molecular weight excluding hydrogens is 721 g/mol. The smallest absolute Gasteiger partial charge is 0.530 e.